The van der Waals surface area contributed by atoms with Crippen molar-refractivity contribution in [1.29, 1.82) is 0 Å². The van der Waals surface area contributed by atoms with Crippen molar-refractivity contribution in [1.82, 2.24) is 0 Å². The monoisotopic (exact) mass is 226 g/mol. The van der Waals surface area contributed by atoms with Gasteiger partial charge in [-0.2, -0.15) is 8.42 Å². The molecule has 0 aromatic heterocycles. The van der Waals surface area contributed by atoms with Crippen molar-refractivity contribution in [2.24, 2.45) is 0 Å². The van der Waals surface area contributed by atoms with Crippen LogP contribution in [0.15, 0.2) is 35.2 Å². The van der Waals surface area contributed by atoms with Gasteiger partial charge in [0, 0.05) is 0 Å². The molecule has 0 aliphatic heterocycles. The van der Waals surface area contributed by atoms with Gasteiger partial charge in [0.2, 0.25) is 0 Å². The molecule has 0 aliphatic carbocycles. The molecule has 0 heterocycles. The molecule has 1 rings (SSSR count). The standard InChI is InChI=1S/C8H10O3S.K.H/c1-2-11-12(9,10)8-6-4-3-5-7-8;;/h3-7H,2H2,1H3;;/q;+1;-1. The smallest absolute Gasteiger partial charge is 1.00 e. The topological polar surface area (TPSA) is 43.4 Å². The minimum absolute atomic E-state index is 0. The second-order valence-electron chi connectivity index (χ2n) is 2.17. The third kappa shape index (κ3) is 4.20. The molecule has 0 bridgehead atoms. The summed E-state index contributed by atoms with van der Waals surface area (Å²) < 4.78 is 27.0. The maximum atomic E-state index is 11.2. The van der Waals surface area contributed by atoms with Gasteiger partial charge in [-0.1, -0.05) is 18.2 Å². The van der Waals surface area contributed by atoms with Crippen LogP contribution in [-0.4, -0.2) is 15.0 Å². The van der Waals surface area contributed by atoms with E-state index in [9.17, 15) is 8.42 Å². The summed E-state index contributed by atoms with van der Waals surface area (Å²) in [5.41, 5.74) is 0. The Bertz CT molecular complexity index is 339. The van der Waals surface area contributed by atoms with Crippen molar-refractivity contribution >= 4 is 10.1 Å². The molecule has 0 saturated heterocycles. The molecule has 0 aliphatic rings. The fraction of sp³-hybridized carbons (Fsp3) is 0.250. The fourth-order valence-electron chi connectivity index (χ4n) is 0.810. The van der Waals surface area contributed by atoms with Crippen molar-refractivity contribution < 1.29 is 65.4 Å². The quantitative estimate of drug-likeness (QED) is 0.467. The van der Waals surface area contributed by atoms with Crippen LogP contribution in [-0.2, 0) is 14.3 Å². The predicted octanol–water partition coefficient (Wildman–Crippen LogP) is -1.47. The Morgan fingerprint density at radius 2 is 1.85 bits per heavy atom. The first-order chi connectivity index (χ1) is 5.67. The summed E-state index contributed by atoms with van der Waals surface area (Å²) in [5.74, 6) is 0. The van der Waals surface area contributed by atoms with Crippen molar-refractivity contribution in [3.8, 4) is 0 Å². The average molecular weight is 226 g/mol. The Morgan fingerprint density at radius 1 is 1.31 bits per heavy atom. The van der Waals surface area contributed by atoms with E-state index in [1.54, 1.807) is 25.1 Å². The molecule has 0 saturated carbocycles. The first-order valence-corrected chi connectivity index (χ1v) is 5.02. The van der Waals surface area contributed by atoms with Gasteiger partial charge in [-0.25, -0.2) is 0 Å². The van der Waals surface area contributed by atoms with E-state index in [0.29, 0.717) is 0 Å². The molecule has 0 amide bonds. The van der Waals surface area contributed by atoms with Gasteiger partial charge in [-0.15, -0.1) is 0 Å². The molecule has 0 unspecified atom stereocenters. The summed E-state index contributed by atoms with van der Waals surface area (Å²) in [4.78, 5) is 0.201. The molecule has 0 fully saturated rings. The summed E-state index contributed by atoms with van der Waals surface area (Å²) in [7, 11) is -3.51. The van der Waals surface area contributed by atoms with Crippen LogP contribution in [0, 0.1) is 0 Å². The first-order valence-electron chi connectivity index (χ1n) is 3.61. The normalized spacial score (nSPS) is 10.5. The molecular weight excluding hydrogens is 215 g/mol. The number of hydrogen-bond acceptors (Lipinski definition) is 3. The Hall–Kier alpha value is 0.766. The van der Waals surface area contributed by atoms with Crippen molar-refractivity contribution in [3.63, 3.8) is 0 Å². The van der Waals surface area contributed by atoms with Gasteiger partial charge in [0.15, 0.2) is 0 Å². The predicted molar refractivity (Wildman–Crippen MR) is 46.4 cm³/mol. The Kier molecular flexibility index (Phi) is 6.66. The molecule has 3 nitrogen and oxygen atoms in total. The van der Waals surface area contributed by atoms with E-state index in [2.05, 4.69) is 4.18 Å². The Balaban J connectivity index is 0. The second kappa shape index (κ2) is 6.29. The summed E-state index contributed by atoms with van der Waals surface area (Å²) in [6, 6.07) is 8.08. The molecule has 0 N–H and O–H groups in total. The van der Waals surface area contributed by atoms with E-state index in [4.69, 9.17) is 0 Å². The Labute approximate surface area is 123 Å². The largest absolute Gasteiger partial charge is 1.00 e. The van der Waals surface area contributed by atoms with Gasteiger partial charge in [0.1, 0.15) is 0 Å². The zero-order chi connectivity index (χ0) is 9.03. The molecule has 0 radical (unpaired) electrons. The van der Waals surface area contributed by atoms with E-state index in [-0.39, 0.29) is 64.3 Å². The van der Waals surface area contributed by atoms with Gasteiger partial charge in [0.25, 0.3) is 10.1 Å². The van der Waals surface area contributed by atoms with Crippen LogP contribution >= 0.6 is 0 Å². The van der Waals surface area contributed by atoms with Crippen molar-refractivity contribution in [3.05, 3.63) is 30.3 Å². The average Bonchev–Trinajstić information content (AvgIpc) is 2.06. The van der Waals surface area contributed by atoms with Gasteiger partial charge in [0.05, 0.1) is 11.5 Å². The maximum absolute atomic E-state index is 11.2. The van der Waals surface area contributed by atoms with Crippen LogP contribution in [0.25, 0.3) is 0 Å². The molecule has 0 spiro atoms. The number of hydrogen-bond donors (Lipinski definition) is 0. The zero-order valence-electron chi connectivity index (χ0n) is 8.73. The fourth-order valence-corrected chi connectivity index (χ4v) is 1.75. The van der Waals surface area contributed by atoms with Gasteiger partial charge >= 0.3 is 51.4 Å². The zero-order valence-corrected chi connectivity index (χ0v) is 11.7. The maximum Gasteiger partial charge on any atom is 1.00 e. The first kappa shape index (κ1) is 13.8. The summed E-state index contributed by atoms with van der Waals surface area (Å²) >= 11 is 0. The number of benzene rings is 1. The molecule has 0 atom stereocenters. The third-order valence-corrected chi connectivity index (χ3v) is 2.70. The SMILES string of the molecule is CCOS(=O)(=O)c1ccccc1.[H-].[K+]. The van der Waals surface area contributed by atoms with Gasteiger partial charge in [-0.05, 0) is 19.1 Å². The van der Waals surface area contributed by atoms with Crippen molar-refractivity contribution in [2.75, 3.05) is 6.61 Å². The minimum atomic E-state index is -3.51. The van der Waals surface area contributed by atoms with Crippen LogP contribution in [0.1, 0.15) is 8.35 Å². The van der Waals surface area contributed by atoms with Crippen LogP contribution in [0.4, 0.5) is 0 Å². The van der Waals surface area contributed by atoms with Crippen LogP contribution in [0.3, 0.4) is 0 Å². The van der Waals surface area contributed by atoms with Crippen LogP contribution < -0.4 is 51.4 Å². The molecule has 13 heavy (non-hydrogen) atoms. The van der Waals surface area contributed by atoms with Crippen LogP contribution in [0.2, 0.25) is 0 Å². The van der Waals surface area contributed by atoms with E-state index in [0.717, 1.165) is 0 Å². The summed E-state index contributed by atoms with van der Waals surface area (Å²) in [6.07, 6.45) is 0. The second-order valence-corrected chi connectivity index (χ2v) is 3.79. The summed E-state index contributed by atoms with van der Waals surface area (Å²) in [5, 5.41) is 0. The number of rotatable bonds is 3. The summed E-state index contributed by atoms with van der Waals surface area (Å²) in [6.45, 7) is 1.80. The van der Waals surface area contributed by atoms with Crippen LogP contribution in [0.5, 0.6) is 0 Å². The van der Waals surface area contributed by atoms with E-state index in [1.165, 1.54) is 12.1 Å². The van der Waals surface area contributed by atoms with E-state index < -0.39 is 10.1 Å². The van der Waals surface area contributed by atoms with Crippen molar-refractivity contribution in [2.45, 2.75) is 11.8 Å². The molecular formula is C8H11KO3S. The molecule has 1 aromatic carbocycles. The van der Waals surface area contributed by atoms with E-state index in [1.807, 2.05) is 0 Å². The molecule has 1 aromatic rings. The third-order valence-electron chi connectivity index (χ3n) is 1.30. The van der Waals surface area contributed by atoms with Gasteiger partial charge in [-0.3, -0.25) is 4.18 Å². The van der Waals surface area contributed by atoms with Gasteiger partial charge < -0.3 is 1.43 Å². The Morgan fingerprint density at radius 3 is 2.31 bits per heavy atom. The molecule has 5 heteroatoms. The minimum Gasteiger partial charge on any atom is -1.00 e. The molecule has 68 valence electrons. The van der Waals surface area contributed by atoms with E-state index >= 15 is 0 Å².